The average Bonchev–Trinajstić information content (AvgIpc) is 2.49. The molecule has 0 radical (unpaired) electrons. The summed E-state index contributed by atoms with van der Waals surface area (Å²) in [5, 5.41) is 0. The van der Waals surface area contributed by atoms with Crippen LogP contribution in [0.5, 0.6) is 0 Å². The Labute approximate surface area is 85.4 Å². The van der Waals surface area contributed by atoms with Gasteiger partial charge in [-0.2, -0.15) is 0 Å². The second-order valence-electron chi connectivity index (χ2n) is 4.64. The van der Waals surface area contributed by atoms with Crippen molar-refractivity contribution >= 4 is 5.97 Å². The predicted octanol–water partition coefficient (Wildman–Crippen LogP) is 1.42. The van der Waals surface area contributed by atoms with Crippen molar-refractivity contribution in [1.82, 2.24) is 4.90 Å². The number of hydrogen-bond acceptors (Lipinski definition) is 3. The fourth-order valence-corrected chi connectivity index (χ4v) is 2.71. The summed E-state index contributed by atoms with van der Waals surface area (Å²) >= 11 is 0. The van der Waals surface area contributed by atoms with E-state index in [0.29, 0.717) is 6.04 Å². The topological polar surface area (TPSA) is 29.5 Å². The van der Waals surface area contributed by atoms with Crippen molar-refractivity contribution in [3.05, 3.63) is 0 Å². The lowest BCUT2D eigenvalue weighted by Gasteiger charge is -2.43. The van der Waals surface area contributed by atoms with Crippen LogP contribution < -0.4 is 0 Å². The van der Waals surface area contributed by atoms with Crippen LogP contribution in [0.2, 0.25) is 0 Å². The van der Waals surface area contributed by atoms with E-state index in [1.165, 1.54) is 26.4 Å². The smallest absolute Gasteiger partial charge is 0.323 e. The standard InChI is InChI=1S/C11H19NO2/c1-8-3-4-9(7-8)12-6-5-10(12)11(13)14-2/h8-10H,3-7H2,1-2H3. The molecule has 0 spiro atoms. The molecule has 1 saturated carbocycles. The van der Waals surface area contributed by atoms with Crippen molar-refractivity contribution < 1.29 is 9.53 Å². The van der Waals surface area contributed by atoms with Crippen LogP contribution in [0, 0.1) is 5.92 Å². The van der Waals surface area contributed by atoms with E-state index < -0.39 is 0 Å². The summed E-state index contributed by atoms with van der Waals surface area (Å²) in [6.45, 7) is 3.38. The van der Waals surface area contributed by atoms with Crippen LogP contribution in [0.1, 0.15) is 32.6 Å². The van der Waals surface area contributed by atoms with Gasteiger partial charge in [-0.05, 0) is 31.6 Å². The number of esters is 1. The highest BCUT2D eigenvalue weighted by molar-refractivity contribution is 5.76. The highest BCUT2D eigenvalue weighted by Gasteiger charge is 2.41. The lowest BCUT2D eigenvalue weighted by atomic mass is 9.98. The van der Waals surface area contributed by atoms with Crippen LogP contribution in [0.4, 0.5) is 0 Å². The Hall–Kier alpha value is -0.570. The maximum absolute atomic E-state index is 11.4. The Kier molecular flexibility index (Phi) is 2.77. The fraction of sp³-hybridized carbons (Fsp3) is 0.909. The number of ether oxygens (including phenoxy) is 1. The fourth-order valence-electron chi connectivity index (χ4n) is 2.71. The first-order chi connectivity index (χ1) is 6.72. The van der Waals surface area contributed by atoms with Gasteiger partial charge in [-0.1, -0.05) is 6.92 Å². The molecule has 0 aromatic heterocycles. The van der Waals surface area contributed by atoms with Gasteiger partial charge < -0.3 is 4.74 Å². The molecule has 2 fully saturated rings. The molecule has 1 aliphatic carbocycles. The maximum Gasteiger partial charge on any atom is 0.323 e. The molecule has 80 valence electrons. The minimum Gasteiger partial charge on any atom is -0.468 e. The number of rotatable bonds is 2. The molecule has 0 amide bonds. The number of nitrogens with zero attached hydrogens (tertiary/aromatic N) is 1. The molecule has 3 atom stereocenters. The highest BCUT2D eigenvalue weighted by atomic mass is 16.5. The lowest BCUT2D eigenvalue weighted by Crippen LogP contribution is -2.56. The predicted molar refractivity (Wildman–Crippen MR) is 53.9 cm³/mol. The van der Waals surface area contributed by atoms with Gasteiger partial charge in [-0.3, -0.25) is 9.69 Å². The molecular weight excluding hydrogens is 178 g/mol. The van der Waals surface area contributed by atoms with Crippen molar-refractivity contribution in [3.8, 4) is 0 Å². The zero-order valence-corrected chi connectivity index (χ0v) is 9.03. The van der Waals surface area contributed by atoms with Crippen molar-refractivity contribution in [2.75, 3.05) is 13.7 Å². The molecule has 1 aliphatic heterocycles. The van der Waals surface area contributed by atoms with Gasteiger partial charge in [0.25, 0.3) is 0 Å². The molecule has 2 aliphatic rings. The first kappa shape index (κ1) is 9.97. The van der Waals surface area contributed by atoms with E-state index in [1.807, 2.05) is 0 Å². The molecule has 1 saturated heterocycles. The number of likely N-dealkylation sites (tertiary alicyclic amines) is 1. The van der Waals surface area contributed by atoms with E-state index >= 15 is 0 Å². The summed E-state index contributed by atoms with van der Waals surface area (Å²) in [6, 6.07) is 0.707. The SMILES string of the molecule is COC(=O)C1CCN1C1CCC(C)C1. The average molecular weight is 197 g/mol. The Morgan fingerprint density at radius 1 is 1.36 bits per heavy atom. The second-order valence-corrected chi connectivity index (χ2v) is 4.64. The van der Waals surface area contributed by atoms with E-state index in [-0.39, 0.29) is 12.0 Å². The van der Waals surface area contributed by atoms with Crippen molar-refractivity contribution in [2.45, 2.75) is 44.7 Å². The molecule has 14 heavy (non-hydrogen) atoms. The summed E-state index contributed by atoms with van der Waals surface area (Å²) in [5.74, 6) is 0.787. The Morgan fingerprint density at radius 2 is 2.14 bits per heavy atom. The third-order valence-electron chi connectivity index (χ3n) is 3.67. The van der Waals surface area contributed by atoms with Crippen LogP contribution in [0.3, 0.4) is 0 Å². The van der Waals surface area contributed by atoms with E-state index in [1.54, 1.807) is 0 Å². The number of methoxy groups -OCH3 is 1. The van der Waals surface area contributed by atoms with Gasteiger partial charge >= 0.3 is 5.97 Å². The number of carbonyl (C=O) groups excluding carboxylic acids is 1. The summed E-state index contributed by atoms with van der Waals surface area (Å²) in [6.07, 6.45) is 4.81. The Morgan fingerprint density at radius 3 is 2.57 bits per heavy atom. The van der Waals surface area contributed by atoms with Crippen LogP contribution in [0.25, 0.3) is 0 Å². The van der Waals surface area contributed by atoms with E-state index in [4.69, 9.17) is 4.74 Å². The van der Waals surface area contributed by atoms with Gasteiger partial charge in [0, 0.05) is 12.6 Å². The molecule has 3 unspecified atom stereocenters. The van der Waals surface area contributed by atoms with Crippen LogP contribution >= 0.6 is 0 Å². The van der Waals surface area contributed by atoms with Gasteiger partial charge in [-0.25, -0.2) is 0 Å². The monoisotopic (exact) mass is 197 g/mol. The molecule has 2 rings (SSSR count). The van der Waals surface area contributed by atoms with E-state index in [2.05, 4.69) is 11.8 Å². The minimum atomic E-state index is -0.0456. The van der Waals surface area contributed by atoms with Gasteiger partial charge in [0.15, 0.2) is 0 Å². The summed E-state index contributed by atoms with van der Waals surface area (Å²) in [4.78, 5) is 13.7. The van der Waals surface area contributed by atoms with Gasteiger partial charge in [0.05, 0.1) is 7.11 Å². The molecule has 3 heteroatoms. The molecule has 3 nitrogen and oxygen atoms in total. The third-order valence-corrected chi connectivity index (χ3v) is 3.67. The Bertz CT molecular complexity index is 229. The molecular formula is C11H19NO2. The number of hydrogen-bond donors (Lipinski definition) is 0. The normalized spacial score (nSPS) is 38.0. The first-order valence-electron chi connectivity index (χ1n) is 5.56. The van der Waals surface area contributed by atoms with Gasteiger partial charge in [0.2, 0.25) is 0 Å². The van der Waals surface area contributed by atoms with E-state index in [0.717, 1.165) is 18.9 Å². The van der Waals surface area contributed by atoms with Gasteiger partial charge in [-0.15, -0.1) is 0 Å². The maximum atomic E-state index is 11.4. The molecule has 0 aromatic carbocycles. The number of carbonyl (C=O) groups is 1. The zero-order valence-electron chi connectivity index (χ0n) is 9.03. The quantitative estimate of drug-likeness (QED) is 0.627. The highest BCUT2D eigenvalue weighted by Crippen LogP contribution is 2.34. The van der Waals surface area contributed by atoms with Crippen LogP contribution in [-0.4, -0.2) is 36.6 Å². The first-order valence-corrected chi connectivity index (χ1v) is 5.56. The van der Waals surface area contributed by atoms with Crippen molar-refractivity contribution in [2.24, 2.45) is 5.92 Å². The summed E-state index contributed by atoms with van der Waals surface area (Å²) in [7, 11) is 1.48. The van der Waals surface area contributed by atoms with E-state index in [9.17, 15) is 4.79 Å². The second kappa shape index (κ2) is 3.89. The summed E-state index contributed by atoms with van der Waals surface area (Å²) < 4.78 is 4.79. The lowest BCUT2D eigenvalue weighted by molar-refractivity contribution is -0.153. The van der Waals surface area contributed by atoms with Crippen molar-refractivity contribution in [3.63, 3.8) is 0 Å². The van der Waals surface area contributed by atoms with Crippen molar-refractivity contribution in [1.29, 1.82) is 0 Å². The largest absolute Gasteiger partial charge is 0.468 e. The minimum absolute atomic E-state index is 0.0456. The van der Waals surface area contributed by atoms with Crippen LogP contribution in [-0.2, 0) is 9.53 Å². The Balaban J connectivity index is 1.90. The molecule has 1 heterocycles. The molecule has 0 bridgehead atoms. The van der Waals surface area contributed by atoms with Crippen LogP contribution in [0.15, 0.2) is 0 Å². The third kappa shape index (κ3) is 1.65. The molecule has 0 N–H and O–H groups in total. The summed E-state index contributed by atoms with van der Waals surface area (Å²) in [5.41, 5.74) is 0. The van der Waals surface area contributed by atoms with Gasteiger partial charge in [0.1, 0.15) is 6.04 Å². The zero-order chi connectivity index (χ0) is 10.1. The molecule has 0 aromatic rings.